The molecule has 0 bridgehead atoms. The Balaban J connectivity index is 1.83. The first kappa shape index (κ1) is 17.3. The van der Waals surface area contributed by atoms with E-state index in [0.717, 1.165) is 18.9 Å². The molecule has 0 unspecified atom stereocenters. The van der Waals surface area contributed by atoms with E-state index in [0.29, 0.717) is 13.0 Å². The van der Waals surface area contributed by atoms with Crippen LogP contribution in [0.3, 0.4) is 0 Å². The molecule has 1 aromatic rings. The zero-order chi connectivity index (χ0) is 17.0. The molecule has 9 heteroatoms. The fourth-order valence-electron chi connectivity index (χ4n) is 2.76. The van der Waals surface area contributed by atoms with Gasteiger partial charge in [0.25, 0.3) is 12.3 Å². The van der Waals surface area contributed by atoms with Gasteiger partial charge in [0.05, 0.1) is 0 Å². The summed E-state index contributed by atoms with van der Waals surface area (Å²) in [6.45, 7) is 0.385. The van der Waals surface area contributed by atoms with Crippen LogP contribution in [0.15, 0.2) is 6.07 Å². The lowest BCUT2D eigenvalue weighted by atomic mass is 10.1. The number of rotatable bonds is 6. The molecule has 1 aromatic heterocycles. The van der Waals surface area contributed by atoms with Gasteiger partial charge < -0.3 is 10.6 Å². The van der Waals surface area contributed by atoms with Crippen LogP contribution in [-0.4, -0.2) is 59.6 Å². The number of alkyl halides is 2. The molecule has 1 saturated heterocycles. The smallest absolute Gasteiger partial charge is 0.279 e. The van der Waals surface area contributed by atoms with Crippen LogP contribution in [0.25, 0.3) is 0 Å². The van der Waals surface area contributed by atoms with Crippen molar-refractivity contribution in [2.75, 3.05) is 20.6 Å². The Morgan fingerprint density at radius 2 is 2.13 bits per heavy atom. The maximum Gasteiger partial charge on any atom is 0.279 e. The molecule has 0 saturated carbocycles. The van der Waals surface area contributed by atoms with Gasteiger partial charge in [-0.1, -0.05) is 0 Å². The summed E-state index contributed by atoms with van der Waals surface area (Å²) in [5, 5.41) is 11.0. The van der Waals surface area contributed by atoms with Crippen molar-refractivity contribution in [1.82, 2.24) is 25.7 Å². The van der Waals surface area contributed by atoms with Gasteiger partial charge in [0, 0.05) is 32.1 Å². The molecule has 0 spiro atoms. The number of carbonyl (C=O) groups excluding carboxylic acids is 2. The number of aromatic nitrogens is 2. The number of carbonyl (C=O) groups is 2. The topological polar surface area (TPSA) is 90.1 Å². The van der Waals surface area contributed by atoms with Crippen LogP contribution < -0.4 is 10.6 Å². The number of amides is 2. The Kier molecular flexibility index (Phi) is 5.64. The van der Waals surface area contributed by atoms with Crippen molar-refractivity contribution >= 4 is 11.8 Å². The van der Waals surface area contributed by atoms with Crippen molar-refractivity contribution in [1.29, 1.82) is 0 Å². The second-order valence-corrected chi connectivity index (χ2v) is 5.65. The maximum atomic E-state index is 12.5. The molecule has 1 aliphatic heterocycles. The molecule has 7 nitrogen and oxygen atoms in total. The van der Waals surface area contributed by atoms with Crippen molar-refractivity contribution in [2.45, 2.75) is 37.8 Å². The third-order valence-corrected chi connectivity index (χ3v) is 4.25. The third-order valence-electron chi connectivity index (χ3n) is 4.25. The van der Waals surface area contributed by atoms with Gasteiger partial charge in [0.2, 0.25) is 5.91 Å². The standard InChI is InChI=1S/C14H21F2N5O2/c1-17-12(22)5-8-3-4-9(21(8)2)7-18-14(23)11-6-10(13(15)16)19-20-11/h6,8-9,13H,3-5,7H2,1-2H3,(H,17,22)(H,18,23)(H,19,20)/t8-,9+/m1/s1. The fourth-order valence-corrected chi connectivity index (χ4v) is 2.76. The summed E-state index contributed by atoms with van der Waals surface area (Å²) >= 11 is 0. The van der Waals surface area contributed by atoms with Crippen molar-refractivity contribution in [3.8, 4) is 0 Å². The predicted molar refractivity (Wildman–Crippen MR) is 79.1 cm³/mol. The van der Waals surface area contributed by atoms with Crippen molar-refractivity contribution < 1.29 is 18.4 Å². The summed E-state index contributed by atoms with van der Waals surface area (Å²) in [6, 6.07) is 1.31. The summed E-state index contributed by atoms with van der Waals surface area (Å²) in [4.78, 5) is 25.5. The number of hydrogen-bond acceptors (Lipinski definition) is 4. The van der Waals surface area contributed by atoms with E-state index in [1.807, 2.05) is 7.05 Å². The minimum absolute atomic E-state index is 0.0115. The first-order valence-corrected chi connectivity index (χ1v) is 7.46. The summed E-state index contributed by atoms with van der Waals surface area (Å²) in [5.41, 5.74) is -0.429. The molecule has 1 aliphatic rings. The van der Waals surface area contributed by atoms with Crippen LogP contribution in [0.4, 0.5) is 8.78 Å². The number of halogens is 2. The molecule has 3 N–H and O–H groups in total. The third kappa shape index (κ3) is 4.25. The van der Waals surface area contributed by atoms with E-state index >= 15 is 0 Å². The van der Waals surface area contributed by atoms with E-state index in [2.05, 4.69) is 25.7 Å². The van der Waals surface area contributed by atoms with Gasteiger partial charge in [-0.3, -0.25) is 19.6 Å². The lowest BCUT2D eigenvalue weighted by Gasteiger charge is -2.25. The van der Waals surface area contributed by atoms with Crippen LogP contribution in [0.1, 0.15) is 41.9 Å². The minimum Gasteiger partial charge on any atom is -0.359 e. The van der Waals surface area contributed by atoms with Crippen LogP contribution in [-0.2, 0) is 4.79 Å². The van der Waals surface area contributed by atoms with Gasteiger partial charge in [-0.2, -0.15) is 5.10 Å². The van der Waals surface area contributed by atoms with Crippen molar-refractivity contribution in [2.24, 2.45) is 0 Å². The minimum atomic E-state index is -2.68. The highest BCUT2D eigenvalue weighted by molar-refractivity contribution is 5.92. The van der Waals surface area contributed by atoms with Crippen LogP contribution in [0.2, 0.25) is 0 Å². The Bertz CT molecular complexity index is 563. The van der Waals surface area contributed by atoms with E-state index in [4.69, 9.17) is 0 Å². The summed E-state index contributed by atoms with van der Waals surface area (Å²) in [7, 11) is 3.52. The van der Waals surface area contributed by atoms with Gasteiger partial charge in [-0.15, -0.1) is 0 Å². The highest BCUT2D eigenvalue weighted by Gasteiger charge is 2.31. The number of likely N-dealkylation sites (N-methyl/N-ethyl adjacent to an activating group) is 1. The molecule has 2 amide bonds. The molecule has 23 heavy (non-hydrogen) atoms. The summed E-state index contributed by atoms with van der Waals surface area (Å²) in [5.74, 6) is -0.501. The average molecular weight is 329 g/mol. The van der Waals surface area contributed by atoms with Gasteiger partial charge >= 0.3 is 0 Å². The number of likely N-dealkylation sites (tertiary alicyclic amines) is 1. The zero-order valence-corrected chi connectivity index (χ0v) is 13.1. The molecule has 128 valence electrons. The van der Waals surface area contributed by atoms with E-state index in [1.165, 1.54) is 0 Å². The first-order valence-electron chi connectivity index (χ1n) is 7.46. The lowest BCUT2D eigenvalue weighted by Crippen LogP contribution is -2.42. The molecule has 1 fully saturated rings. The Morgan fingerprint density at radius 3 is 2.74 bits per heavy atom. The quantitative estimate of drug-likeness (QED) is 0.716. The molecule has 2 atom stereocenters. The SMILES string of the molecule is CNC(=O)C[C@H]1CC[C@@H](CNC(=O)c2cc(C(F)F)[nH]n2)N1C. The fraction of sp³-hybridized carbons (Fsp3) is 0.643. The van der Waals surface area contributed by atoms with Crippen molar-refractivity contribution in [3.63, 3.8) is 0 Å². The largest absolute Gasteiger partial charge is 0.359 e. The molecule has 0 aliphatic carbocycles. The number of H-pyrrole nitrogens is 1. The molecule has 0 aromatic carbocycles. The molecular formula is C14H21F2N5O2. The van der Waals surface area contributed by atoms with Crippen LogP contribution in [0.5, 0.6) is 0 Å². The molecule has 0 radical (unpaired) electrons. The van der Waals surface area contributed by atoms with Gasteiger partial charge in [-0.05, 0) is 26.0 Å². The van der Waals surface area contributed by atoms with Gasteiger partial charge in [0.15, 0.2) is 0 Å². The van der Waals surface area contributed by atoms with Gasteiger partial charge in [-0.25, -0.2) is 8.78 Å². The highest BCUT2D eigenvalue weighted by Crippen LogP contribution is 2.24. The monoisotopic (exact) mass is 329 g/mol. The Labute approximate surface area is 132 Å². The maximum absolute atomic E-state index is 12.5. The van der Waals surface area contributed by atoms with E-state index in [-0.39, 0.29) is 29.4 Å². The van der Waals surface area contributed by atoms with Crippen LogP contribution in [0, 0.1) is 0 Å². The normalized spacial score (nSPS) is 21.6. The predicted octanol–water partition coefficient (Wildman–Crippen LogP) is 0.676. The Morgan fingerprint density at radius 1 is 1.43 bits per heavy atom. The lowest BCUT2D eigenvalue weighted by molar-refractivity contribution is -0.121. The summed E-state index contributed by atoms with van der Waals surface area (Å²) in [6.07, 6.45) is -0.520. The van der Waals surface area contributed by atoms with Gasteiger partial charge in [0.1, 0.15) is 11.4 Å². The van der Waals surface area contributed by atoms with E-state index in [9.17, 15) is 18.4 Å². The van der Waals surface area contributed by atoms with E-state index in [1.54, 1.807) is 7.05 Å². The number of nitrogens with one attached hydrogen (secondary N) is 3. The molecule has 2 heterocycles. The molecule has 2 rings (SSSR count). The number of hydrogen-bond donors (Lipinski definition) is 3. The highest BCUT2D eigenvalue weighted by atomic mass is 19.3. The van der Waals surface area contributed by atoms with Crippen LogP contribution >= 0.6 is 0 Å². The van der Waals surface area contributed by atoms with E-state index < -0.39 is 12.3 Å². The number of aromatic amines is 1. The zero-order valence-electron chi connectivity index (χ0n) is 13.1. The molecular weight excluding hydrogens is 308 g/mol. The van der Waals surface area contributed by atoms with Crippen molar-refractivity contribution in [3.05, 3.63) is 17.5 Å². The number of nitrogens with zero attached hydrogens (tertiary/aromatic N) is 2. The second kappa shape index (κ2) is 7.49. The first-order chi connectivity index (χ1) is 10.9. The average Bonchev–Trinajstić information content (AvgIpc) is 3.14. The Hall–Kier alpha value is -2.03. The summed E-state index contributed by atoms with van der Waals surface area (Å²) < 4.78 is 24.9. The second-order valence-electron chi connectivity index (χ2n) is 5.65.